The first kappa shape index (κ1) is 14.7. The molecule has 0 fully saturated rings. The Hall–Kier alpha value is -0.410. The Balaban J connectivity index is 2.98. The van der Waals surface area contributed by atoms with Gasteiger partial charge in [-0.15, -0.1) is 0 Å². The maximum absolute atomic E-state index is 12.9. The molecule has 1 rings (SSSR count). The molecule has 1 aromatic rings. The molecule has 0 spiro atoms. The number of hydrogen-bond donors (Lipinski definition) is 1. The van der Waals surface area contributed by atoms with Crippen molar-refractivity contribution in [3.63, 3.8) is 0 Å². The second-order valence-corrected chi connectivity index (χ2v) is 6.15. The Labute approximate surface area is 115 Å². The lowest BCUT2D eigenvalue weighted by Gasteiger charge is -2.19. The lowest BCUT2D eigenvalue weighted by atomic mass is 10.3. The van der Waals surface area contributed by atoms with Crippen molar-refractivity contribution in [2.45, 2.75) is 13.8 Å². The van der Waals surface area contributed by atoms with Gasteiger partial charge in [0.15, 0.2) is 0 Å². The van der Waals surface area contributed by atoms with Gasteiger partial charge >= 0.3 is 10.2 Å². The summed E-state index contributed by atoms with van der Waals surface area (Å²) >= 11 is 1.89. The second-order valence-electron chi connectivity index (χ2n) is 3.32. The van der Waals surface area contributed by atoms with Crippen LogP contribution in [0, 0.1) is 9.39 Å². The summed E-state index contributed by atoms with van der Waals surface area (Å²) in [6.07, 6.45) is 0. The Morgan fingerprint density at radius 2 is 1.94 bits per heavy atom. The minimum Gasteiger partial charge on any atom is -0.270 e. The summed E-state index contributed by atoms with van der Waals surface area (Å²) in [5, 5.41) is 0. The smallest absolute Gasteiger partial charge is 0.270 e. The highest BCUT2D eigenvalue weighted by molar-refractivity contribution is 14.1. The minimum atomic E-state index is -3.55. The maximum atomic E-state index is 12.9. The van der Waals surface area contributed by atoms with Crippen LogP contribution in [0.5, 0.6) is 0 Å². The fraction of sp³-hybridized carbons (Fsp3) is 0.400. The van der Waals surface area contributed by atoms with Gasteiger partial charge in [-0.05, 0) is 40.8 Å². The molecule has 0 saturated heterocycles. The Morgan fingerprint density at radius 3 is 2.41 bits per heavy atom. The van der Waals surface area contributed by atoms with Crippen LogP contribution in [0.2, 0.25) is 0 Å². The van der Waals surface area contributed by atoms with Crippen LogP contribution in [-0.4, -0.2) is 25.8 Å². The number of nitrogens with one attached hydrogen (secondary N) is 1. The van der Waals surface area contributed by atoms with Gasteiger partial charge in [0.2, 0.25) is 0 Å². The first-order valence-electron chi connectivity index (χ1n) is 5.13. The van der Waals surface area contributed by atoms with Crippen molar-refractivity contribution in [1.29, 1.82) is 0 Å². The third kappa shape index (κ3) is 3.78. The SMILES string of the molecule is CCN(CC)S(=O)(=O)Nc1ccc(F)cc1I. The molecule has 0 unspecified atom stereocenters. The topological polar surface area (TPSA) is 49.4 Å². The summed E-state index contributed by atoms with van der Waals surface area (Å²) in [5.74, 6) is -0.389. The summed E-state index contributed by atoms with van der Waals surface area (Å²) in [6, 6.07) is 3.92. The van der Waals surface area contributed by atoms with Gasteiger partial charge < -0.3 is 0 Å². The van der Waals surface area contributed by atoms with Gasteiger partial charge in [0, 0.05) is 16.7 Å². The van der Waals surface area contributed by atoms with Crippen LogP contribution in [0.4, 0.5) is 10.1 Å². The van der Waals surface area contributed by atoms with Crippen LogP contribution in [0.15, 0.2) is 18.2 Å². The lowest BCUT2D eigenvalue weighted by molar-refractivity contribution is 0.449. The molecule has 1 aromatic carbocycles. The van der Waals surface area contributed by atoms with E-state index in [1.165, 1.54) is 22.5 Å². The van der Waals surface area contributed by atoms with Crippen LogP contribution < -0.4 is 4.72 Å². The molecule has 0 aromatic heterocycles. The van der Waals surface area contributed by atoms with Gasteiger partial charge in [0.05, 0.1) is 5.69 Å². The predicted octanol–water partition coefficient (Wildman–Crippen LogP) is 2.43. The summed E-state index contributed by atoms with van der Waals surface area (Å²) in [7, 11) is -3.55. The first-order valence-corrected chi connectivity index (χ1v) is 7.65. The summed E-state index contributed by atoms with van der Waals surface area (Å²) < 4.78 is 41.0. The van der Waals surface area contributed by atoms with Crippen LogP contribution >= 0.6 is 22.6 Å². The molecule has 7 heteroatoms. The number of benzene rings is 1. The first-order chi connectivity index (χ1) is 7.90. The summed E-state index contributed by atoms with van der Waals surface area (Å²) in [4.78, 5) is 0. The van der Waals surface area contributed by atoms with E-state index in [0.29, 0.717) is 22.3 Å². The Morgan fingerprint density at radius 1 is 1.35 bits per heavy atom. The van der Waals surface area contributed by atoms with Crippen molar-refractivity contribution in [1.82, 2.24) is 4.31 Å². The molecule has 96 valence electrons. The molecule has 0 heterocycles. The summed E-state index contributed by atoms with van der Waals surface area (Å²) in [6.45, 7) is 4.31. The average molecular weight is 372 g/mol. The van der Waals surface area contributed by atoms with Gasteiger partial charge in [0.1, 0.15) is 5.82 Å². The average Bonchev–Trinajstić information content (AvgIpc) is 2.23. The van der Waals surface area contributed by atoms with E-state index in [-0.39, 0.29) is 5.82 Å². The molecule has 0 aliphatic carbocycles. The van der Waals surface area contributed by atoms with Gasteiger partial charge in [-0.25, -0.2) is 4.39 Å². The molecule has 0 saturated carbocycles. The van der Waals surface area contributed by atoms with E-state index in [1.807, 2.05) is 22.6 Å². The van der Waals surface area contributed by atoms with Crippen molar-refractivity contribution in [3.8, 4) is 0 Å². The van der Waals surface area contributed by atoms with Crippen molar-refractivity contribution >= 4 is 38.5 Å². The highest BCUT2D eigenvalue weighted by atomic mass is 127. The lowest BCUT2D eigenvalue weighted by Crippen LogP contribution is -2.35. The van der Waals surface area contributed by atoms with E-state index in [2.05, 4.69) is 4.72 Å². The molecule has 0 bridgehead atoms. The van der Waals surface area contributed by atoms with E-state index in [9.17, 15) is 12.8 Å². The van der Waals surface area contributed by atoms with Crippen LogP contribution in [-0.2, 0) is 10.2 Å². The quantitative estimate of drug-likeness (QED) is 0.808. The molecular formula is C10H14FIN2O2S. The number of hydrogen-bond acceptors (Lipinski definition) is 2. The third-order valence-corrected chi connectivity index (χ3v) is 4.78. The van der Waals surface area contributed by atoms with Crippen LogP contribution in [0.25, 0.3) is 0 Å². The van der Waals surface area contributed by atoms with Crippen LogP contribution in [0.3, 0.4) is 0 Å². The molecule has 0 radical (unpaired) electrons. The molecule has 0 atom stereocenters. The third-order valence-electron chi connectivity index (χ3n) is 2.22. The van der Waals surface area contributed by atoms with Crippen molar-refractivity contribution in [2.24, 2.45) is 0 Å². The highest BCUT2D eigenvalue weighted by Gasteiger charge is 2.19. The molecular weight excluding hydrogens is 358 g/mol. The summed E-state index contributed by atoms with van der Waals surface area (Å²) in [5.41, 5.74) is 0.388. The Kier molecular flexibility index (Phi) is 5.14. The van der Waals surface area contributed by atoms with E-state index in [1.54, 1.807) is 13.8 Å². The van der Waals surface area contributed by atoms with Gasteiger partial charge in [-0.2, -0.15) is 12.7 Å². The Bertz CT molecular complexity index is 489. The molecule has 4 nitrogen and oxygen atoms in total. The van der Waals surface area contributed by atoms with Gasteiger partial charge in [-0.1, -0.05) is 13.8 Å². The molecule has 17 heavy (non-hydrogen) atoms. The normalized spacial score (nSPS) is 11.8. The maximum Gasteiger partial charge on any atom is 0.301 e. The van der Waals surface area contributed by atoms with E-state index in [4.69, 9.17) is 0 Å². The molecule has 0 aliphatic heterocycles. The standard InChI is InChI=1S/C10H14FIN2O2S/c1-3-14(4-2)17(15,16)13-10-6-5-8(11)7-9(10)12/h5-7,13H,3-4H2,1-2H3. The number of nitrogens with zero attached hydrogens (tertiary/aromatic N) is 1. The zero-order valence-electron chi connectivity index (χ0n) is 9.57. The monoisotopic (exact) mass is 372 g/mol. The van der Waals surface area contributed by atoms with Crippen LogP contribution in [0.1, 0.15) is 13.8 Å². The minimum absolute atomic E-state index is 0.388. The predicted molar refractivity (Wildman–Crippen MR) is 74.6 cm³/mol. The number of anilines is 1. The highest BCUT2D eigenvalue weighted by Crippen LogP contribution is 2.20. The fourth-order valence-corrected chi connectivity index (χ4v) is 3.40. The zero-order valence-corrected chi connectivity index (χ0v) is 12.5. The van der Waals surface area contributed by atoms with E-state index < -0.39 is 10.2 Å². The molecule has 1 N–H and O–H groups in total. The molecule has 0 amide bonds. The fourth-order valence-electron chi connectivity index (χ4n) is 1.34. The van der Waals surface area contributed by atoms with Gasteiger partial charge in [-0.3, -0.25) is 4.72 Å². The van der Waals surface area contributed by atoms with Crippen molar-refractivity contribution in [3.05, 3.63) is 27.6 Å². The van der Waals surface area contributed by atoms with Crippen molar-refractivity contribution in [2.75, 3.05) is 17.8 Å². The van der Waals surface area contributed by atoms with Gasteiger partial charge in [0.25, 0.3) is 0 Å². The largest absolute Gasteiger partial charge is 0.301 e. The van der Waals surface area contributed by atoms with E-state index in [0.717, 1.165) is 0 Å². The zero-order chi connectivity index (χ0) is 13.1. The second kappa shape index (κ2) is 5.96. The van der Waals surface area contributed by atoms with Crippen molar-refractivity contribution < 1.29 is 12.8 Å². The van der Waals surface area contributed by atoms with E-state index >= 15 is 0 Å². The number of rotatable bonds is 5. The molecule has 0 aliphatic rings. The number of halogens is 2.